The van der Waals surface area contributed by atoms with E-state index in [1.165, 1.54) is 12.1 Å². The van der Waals surface area contributed by atoms with Crippen LogP contribution in [0.2, 0.25) is 0 Å². The topological polar surface area (TPSA) is 114 Å². The summed E-state index contributed by atoms with van der Waals surface area (Å²) < 4.78 is 33.3. The first-order valence-electron chi connectivity index (χ1n) is 10.5. The van der Waals surface area contributed by atoms with Crippen molar-refractivity contribution in [1.29, 1.82) is 0 Å². The minimum Gasteiger partial charge on any atom is -0.379 e. The molecule has 0 saturated carbocycles. The van der Waals surface area contributed by atoms with Crippen molar-refractivity contribution in [2.45, 2.75) is 37.2 Å². The molecule has 2 aromatic rings. The lowest BCUT2D eigenvalue weighted by molar-refractivity contribution is -0.384. The van der Waals surface area contributed by atoms with Crippen molar-refractivity contribution in [2.75, 3.05) is 38.2 Å². The van der Waals surface area contributed by atoms with Crippen molar-refractivity contribution in [3.8, 4) is 0 Å². The highest BCUT2D eigenvalue weighted by atomic mass is 32.2. The fraction of sp³-hybridized carbons (Fsp3) is 0.455. The Morgan fingerprint density at radius 1 is 1.12 bits per heavy atom. The largest absolute Gasteiger partial charge is 0.379 e. The predicted molar refractivity (Wildman–Crippen MR) is 123 cm³/mol. The number of benzene rings is 2. The van der Waals surface area contributed by atoms with Crippen LogP contribution in [0.25, 0.3) is 0 Å². The highest BCUT2D eigenvalue weighted by Crippen LogP contribution is 2.31. The van der Waals surface area contributed by atoms with Gasteiger partial charge in [-0.25, -0.2) is 13.1 Å². The maximum atomic E-state index is 12.7. The van der Waals surface area contributed by atoms with E-state index in [1.807, 2.05) is 30.3 Å². The number of anilines is 1. The number of nitro groups is 1. The number of nitro benzene ring substituents is 1. The lowest BCUT2D eigenvalue weighted by atomic mass is 10.1. The summed E-state index contributed by atoms with van der Waals surface area (Å²) in [5, 5.41) is 15.1. The minimum atomic E-state index is -3.90. The minimum absolute atomic E-state index is 0.144. The average molecular weight is 463 g/mol. The number of hydrogen-bond donors (Lipinski definition) is 2. The molecule has 1 unspecified atom stereocenters. The van der Waals surface area contributed by atoms with Crippen LogP contribution < -0.4 is 10.0 Å². The van der Waals surface area contributed by atoms with Gasteiger partial charge in [0.05, 0.1) is 29.1 Å². The number of ether oxygens (including phenoxy) is 1. The third kappa shape index (κ3) is 6.49. The number of rotatable bonds is 8. The van der Waals surface area contributed by atoms with Crippen molar-refractivity contribution < 1.29 is 18.1 Å². The Bertz CT molecular complexity index is 1030. The molecule has 1 saturated heterocycles. The van der Waals surface area contributed by atoms with Gasteiger partial charge in [-0.2, -0.15) is 0 Å². The summed E-state index contributed by atoms with van der Waals surface area (Å²) in [6.45, 7) is 8.63. The molecule has 32 heavy (non-hydrogen) atoms. The van der Waals surface area contributed by atoms with Crippen molar-refractivity contribution in [3.63, 3.8) is 0 Å². The van der Waals surface area contributed by atoms with E-state index in [0.29, 0.717) is 19.8 Å². The van der Waals surface area contributed by atoms with Crippen LogP contribution in [0.1, 0.15) is 32.4 Å². The van der Waals surface area contributed by atoms with Crippen molar-refractivity contribution in [1.82, 2.24) is 9.62 Å². The van der Waals surface area contributed by atoms with Gasteiger partial charge in [0.25, 0.3) is 5.69 Å². The summed E-state index contributed by atoms with van der Waals surface area (Å²) in [6, 6.07) is 13.4. The summed E-state index contributed by atoms with van der Waals surface area (Å²) in [5.41, 5.74) is 0.261. The molecule has 0 aromatic heterocycles. The summed E-state index contributed by atoms with van der Waals surface area (Å²) in [5.74, 6) is 0. The van der Waals surface area contributed by atoms with E-state index in [4.69, 9.17) is 4.74 Å². The van der Waals surface area contributed by atoms with Gasteiger partial charge in [0, 0.05) is 31.2 Å². The van der Waals surface area contributed by atoms with Crippen LogP contribution >= 0.6 is 0 Å². The lowest BCUT2D eigenvalue weighted by Gasteiger charge is -2.31. The van der Waals surface area contributed by atoms with Crippen LogP contribution in [0.5, 0.6) is 0 Å². The van der Waals surface area contributed by atoms with Crippen LogP contribution in [0.4, 0.5) is 11.4 Å². The number of morpholine rings is 1. The molecule has 1 heterocycles. The molecule has 1 aliphatic heterocycles. The molecule has 1 atom stereocenters. The molecule has 0 bridgehead atoms. The Hall–Kier alpha value is -2.53. The van der Waals surface area contributed by atoms with Crippen LogP contribution in [-0.2, 0) is 14.8 Å². The number of hydrogen-bond acceptors (Lipinski definition) is 7. The number of nitrogens with zero attached hydrogens (tertiary/aromatic N) is 2. The highest BCUT2D eigenvalue weighted by molar-refractivity contribution is 7.89. The van der Waals surface area contributed by atoms with E-state index >= 15 is 0 Å². The van der Waals surface area contributed by atoms with Crippen molar-refractivity contribution >= 4 is 21.4 Å². The van der Waals surface area contributed by atoms with Gasteiger partial charge in [-0.05, 0) is 38.5 Å². The zero-order valence-electron chi connectivity index (χ0n) is 18.6. The number of nitrogens with one attached hydrogen (secondary N) is 2. The number of sulfonamides is 1. The molecule has 0 amide bonds. The zero-order chi connectivity index (χ0) is 23.4. The van der Waals surface area contributed by atoms with E-state index in [2.05, 4.69) is 14.9 Å². The first-order chi connectivity index (χ1) is 15.0. The molecular formula is C22H30N4O5S. The average Bonchev–Trinajstić information content (AvgIpc) is 2.73. The zero-order valence-corrected chi connectivity index (χ0v) is 19.4. The standard InChI is InChI=1S/C22H30N4O5S/c1-22(2,3)24-32(29,30)18-9-10-19(21(15-18)26(27)28)23-20(17-7-5-4-6-8-17)16-25-11-13-31-14-12-25/h4-10,15,20,23-24H,11-14,16H2,1-3H3. The van der Waals surface area contributed by atoms with Crippen LogP contribution in [-0.4, -0.2) is 56.6 Å². The SMILES string of the molecule is CC(C)(C)NS(=O)(=O)c1ccc(NC(CN2CCOCC2)c2ccccc2)c([N+](=O)[O-])c1. The highest BCUT2D eigenvalue weighted by Gasteiger charge is 2.27. The Morgan fingerprint density at radius 2 is 1.78 bits per heavy atom. The second-order valence-corrected chi connectivity index (χ2v) is 10.5. The Balaban J connectivity index is 1.92. The molecule has 0 aliphatic carbocycles. The smallest absolute Gasteiger partial charge is 0.293 e. The molecule has 0 radical (unpaired) electrons. The summed E-state index contributed by atoms with van der Waals surface area (Å²) >= 11 is 0. The van der Waals surface area contributed by atoms with E-state index in [0.717, 1.165) is 24.7 Å². The van der Waals surface area contributed by atoms with Gasteiger partial charge in [0.15, 0.2) is 0 Å². The third-order valence-corrected chi connectivity index (χ3v) is 6.75. The van der Waals surface area contributed by atoms with Gasteiger partial charge in [-0.3, -0.25) is 15.0 Å². The maximum absolute atomic E-state index is 12.7. The molecular weight excluding hydrogens is 432 g/mol. The molecule has 10 heteroatoms. The molecule has 0 spiro atoms. The van der Waals surface area contributed by atoms with Gasteiger partial charge >= 0.3 is 0 Å². The fourth-order valence-electron chi connectivity index (χ4n) is 3.56. The van der Waals surface area contributed by atoms with Gasteiger partial charge < -0.3 is 10.1 Å². The molecule has 2 N–H and O–H groups in total. The van der Waals surface area contributed by atoms with Crippen molar-refractivity contribution in [3.05, 3.63) is 64.2 Å². The van der Waals surface area contributed by atoms with Crippen molar-refractivity contribution in [2.24, 2.45) is 0 Å². The Labute approximate surface area is 189 Å². The third-order valence-electron chi connectivity index (χ3n) is 4.99. The van der Waals surface area contributed by atoms with Gasteiger partial charge in [-0.1, -0.05) is 30.3 Å². The van der Waals surface area contributed by atoms with E-state index < -0.39 is 20.5 Å². The quantitative estimate of drug-likeness (QED) is 0.457. The fourth-order valence-corrected chi connectivity index (χ4v) is 5.00. The molecule has 1 aliphatic rings. The van der Waals surface area contributed by atoms with E-state index in [1.54, 1.807) is 20.8 Å². The van der Waals surface area contributed by atoms with E-state index in [9.17, 15) is 18.5 Å². The van der Waals surface area contributed by atoms with Crippen LogP contribution in [0.3, 0.4) is 0 Å². The first-order valence-corrected chi connectivity index (χ1v) is 12.0. The first kappa shape index (κ1) is 24.1. The molecule has 174 valence electrons. The van der Waals surface area contributed by atoms with Crippen LogP contribution in [0, 0.1) is 10.1 Å². The molecule has 1 fully saturated rings. The van der Waals surface area contributed by atoms with Crippen LogP contribution in [0.15, 0.2) is 53.4 Å². The Morgan fingerprint density at radius 3 is 2.38 bits per heavy atom. The van der Waals surface area contributed by atoms with Gasteiger partial charge in [0.1, 0.15) is 5.69 Å². The van der Waals surface area contributed by atoms with Gasteiger partial charge in [0.2, 0.25) is 10.0 Å². The summed E-state index contributed by atoms with van der Waals surface area (Å²) in [6.07, 6.45) is 0. The Kier molecular flexibility index (Phi) is 7.50. The maximum Gasteiger partial charge on any atom is 0.293 e. The monoisotopic (exact) mass is 462 g/mol. The van der Waals surface area contributed by atoms with E-state index in [-0.39, 0.29) is 22.3 Å². The second-order valence-electron chi connectivity index (χ2n) is 8.81. The normalized spacial score (nSPS) is 16.5. The van der Waals surface area contributed by atoms with Gasteiger partial charge in [-0.15, -0.1) is 0 Å². The molecule has 3 rings (SSSR count). The summed E-state index contributed by atoms with van der Waals surface area (Å²) in [4.78, 5) is 13.4. The second kappa shape index (κ2) is 9.95. The predicted octanol–water partition coefficient (Wildman–Crippen LogP) is 3.16. The molecule has 2 aromatic carbocycles. The lowest BCUT2D eigenvalue weighted by Crippen LogP contribution is -2.40. The summed E-state index contributed by atoms with van der Waals surface area (Å²) in [7, 11) is -3.90. The molecule has 9 nitrogen and oxygen atoms in total.